The monoisotopic (exact) mass is 240 g/mol. The zero-order chi connectivity index (χ0) is 13.1. The first-order valence-electron chi connectivity index (χ1n) is 5.08. The molecule has 0 rings (SSSR count). The van der Waals surface area contributed by atoms with Crippen molar-refractivity contribution in [3.8, 4) is 0 Å². The average Bonchev–Trinajstić information content (AvgIpc) is 2.32. The molecule has 0 atom stereocenters. The normalized spacial score (nSPS) is 8.06. The van der Waals surface area contributed by atoms with Crippen molar-refractivity contribution in [1.82, 2.24) is 0 Å². The SMILES string of the molecule is CCOCC.COC=O.OCCOCCO. The van der Waals surface area contributed by atoms with Crippen molar-refractivity contribution >= 4 is 6.47 Å². The third-order valence-corrected chi connectivity index (χ3v) is 0.976. The maximum absolute atomic E-state index is 8.95. The van der Waals surface area contributed by atoms with Gasteiger partial charge in [-0.1, -0.05) is 0 Å². The van der Waals surface area contributed by atoms with Crippen molar-refractivity contribution in [1.29, 1.82) is 0 Å². The minimum atomic E-state index is 0.0278. The number of methoxy groups -OCH3 is 1. The summed E-state index contributed by atoms with van der Waals surface area (Å²) in [5, 5.41) is 16.2. The Bertz CT molecular complexity index is 93.3. The van der Waals surface area contributed by atoms with Gasteiger partial charge < -0.3 is 24.4 Å². The second-order valence-electron chi connectivity index (χ2n) is 2.17. The molecule has 0 bridgehead atoms. The Hall–Kier alpha value is -0.690. The van der Waals surface area contributed by atoms with Gasteiger partial charge in [0.15, 0.2) is 0 Å². The largest absolute Gasteiger partial charge is 0.471 e. The number of ether oxygens (including phenoxy) is 3. The van der Waals surface area contributed by atoms with Crippen molar-refractivity contribution in [3.05, 3.63) is 0 Å². The van der Waals surface area contributed by atoms with E-state index in [4.69, 9.17) is 19.7 Å². The van der Waals surface area contributed by atoms with Gasteiger partial charge in [0.05, 0.1) is 33.5 Å². The van der Waals surface area contributed by atoms with Gasteiger partial charge in [-0.3, -0.25) is 4.79 Å². The third-order valence-electron chi connectivity index (χ3n) is 0.976. The van der Waals surface area contributed by atoms with E-state index in [1.807, 2.05) is 13.8 Å². The molecular formula is C10H24O6. The standard InChI is InChI=1S/C4H10O3.C4H10O.C2H4O2/c5-1-3-7-4-2-6;1-3-5-4-2;1-4-2-3/h5-6H,1-4H2;3-4H2,1-2H3;2H,1H3. The molecule has 0 saturated carbocycles. The number of carbonyl (C=O) groups is 1. The summed E-state index contributed by atoms with van der Waals surface area (Å²) in [4.78, 5) is 8.95. The van der Waals surface area contributed by atoms with Crippen LogP contribution in [-0.2, 0) is 19.0 Å². The highest BCUT2D eigenvalue weighted by Gasteiger charge is 1.79. The minimum absolute atomic E-state index is 0.0278. The molecule has 0 saturated heterocycles. The second-order valence-corrected chi connectivity index (χ2v) is 2.17. The van der Waals surface area contributed by atoms with E-state index in [0.717, 1.165) is 13.2 Å². The molecule has 0 amide bonds. The first kappa shape index (κ1) is 20.7. The summed E-state index contributed by atoms with van der Waals surface area (Å²) in [5.41, 5.74) is 0. The third kappa shape index (κ3) is 50.7. The summed E-state index contributed by atoms with van der Waals surface area (Å²) >= 11 is 0. The number of hydrogen-bond acceptors (Lipinski definition) is 6. The van der Waals surface area contributed by atoms with Crippen molar-refractivity contribution in [2.75, 3.05) is 46.8 Å². The summed E-state index contributed by atoms with van der Waals surface area (Å²) in [5.74, 6) is 0. The molecule has 0 fully saturated rings. The summed E-state index contributed by atoms with van der Waals surface area (Å²) in [6, 6.07) is 0. The molecule has 0 aliphatic carbocycles. The van der Waals surface area contributed by atoms with Crippen LogP contribution in [0.3, 0.4) is 0 Å². The maximum atomic E-state index is 8.95. The van der Waals surface area contributed by atoms with Crippen LogP contribution in [-0.4, -0.2) is 63.4 Å². The molecule has 0 aromatic rings. The molecule has 0 aromatic heterocycles. The highest BCUT2D eigenvalue weighted by molar-refractivity contribution is 5.36. The van der Waals surface area contributed by atoms with E-state index in [9.17, 15) is 0 Å². The van der Waals surface area contributed by atoms with Crippen LogP contribution in [0.25, 0.3) is 0 Å². The van der Waals surface area contributed by atoms with E-state index in [2.05, 4.69) is 9.47 Å². The fraction of sp³-hybridized carbons (Fsp3) is 0.900. The Balaban J connectivity index is -0.000000166. The highest BCUT2D eigenvalue weighted by Crippen LogP contribution is 1.68. The first-order chi connectivity index (χ1) is 7.74. The smallest absolute Gasteiger partial charge is 0.292 e. The highest BCUT2D eigenvalue weighted by atomic mass is 16.5. The van der Waals surface area contributed by atoms with Gasteiger partial charge in [-0.15, -0.1) is 0 Å². The predicted molar refractivity (Wildman–Crippen MR) is 60.2 cm³/mol. The van der Waals surface area contributed by atoms with Gasteiger partial charge >= 0.3 is 0 Å². The zero-order valence-corrected chi connectivity index (χ0v) is 10.3. The van der Waals surface area contributed by atoms with Crippen LogP contribution in [0.15, 0.2) is 0 Å². The van der Waals surface area contributed by atoms with Gasteiger partial charge in [0.1, 0.15) is 0 Å². The van der Waals surface area contributed by atoms with Crippen LogP contribution in [0.5, 0.6) is 0 Å². The molecule has 100 valence electrons. The molecular weight excluding hydrogens is 216 g/mol. The van der Waals surface area contributed by atoms with Gasteiger partial charge in [0, 0.05) is 13.2 Å². The molecule has 2 N–H and O–H groups in total. The molecule has 0 aliphatic rings. The Kier molecular flexibility index (Phi) is 37.8. The Morgan fingerprint density at radius 3 is 1.50 bits per heavy atom. The average molecular weight is 240 g/mol. The van der Waals surface area contributed by atoms with Crippen molar-refractivity contribution in [3.63, 3.8) is 0 Å². The second kappa shape index (κ2) is 29.2. The van der Waals surface area contributed by atoms with E-state index >= 15 is 0 Å². The lowest BCUT2D eigenvalue weighted by atomic mass is 10.7. The van der Waals surface area contributed by atoms with Crippen molar-refractivity contribution < 1.29 is 29.2 Å². The quantitative estimate of drug-likeness (QED) is 0.474. The molecule has 0 aromatic carbocycles. The van der Waals surface area contributed by atoms with Crippen LogP contribution >= 0.6 is 0 Å². The molecule has 0 aliphatic heterocycles. The lowest BCUT2D eigenvalue weighted by Crippen LogP contribution is -2.03. The molecule has 0 radical (unpaired) electrons. The van der Waals surface area contributed by atoms with Crippen LogP contribution in [0.1, 0.15) is 13.8 Å². The summed E-state index contributed by atoms with van der Waals surface area (Å²) in [7, 11) is 1.31. The van der Waals surface area contributed by atoms with E-state index in [1.54, 1.807) is 0 Å². The van der Waals surface area contributed by atoms with Gasteiger partial charge in [0.25, 0.3) is 6.47 Å². The number of hydrogen-bond donors (Lipinski definition) is 2. The van der Waals surface area contributed by atoms with Crippen LogP contribution in [0.4, 0.5) is 0 Å². The summed E-state index contributed by atoms with van der Waals surface area (Å²) in [6.45, 7) is 6.74. The zero-order valence-electron chi connectivity index (χ0n) is 10.3. The number of aliphatic hydroxyl groups is 2. The predicted octanol–water partition coefficient (Wildman–Crippen LogP) is -0.180. The van der Waals surface area contributed by atoms with E-state index in [0.29, 0.717) is 19.7 Å². The molecule has 6 nitrogen and oxygen atoms in total. The molecule has 0 unspecified atom stereocenters. The molecule has 6 heteroatoms. The molecule has 0 spiro atoms. The van der Waals surface area contributed by atoms with Crippen LogP contribution < -0.4 is 0 Å². The van der Waals surface area contributed by atoms with Gasteiger partial charge in [-0.2, -0.15) is 0 Å². The van der Waals surface area contributed by atoms with Crippen LogP contribution in [0, 0.1) is 0 Å². The van der Waals surface area contributed by atoms with E-state index in [1.165, 1.54) is 7.11 Å². The van der Waals surface area contributed by atoms with Gasteiger partial charge in [0.2, 0.25) is 0 Å². The minimum Gasteiger partial charge on any atom is -0.471 e. The lowest BCUT2D eigenvalue weighted by molar-refractivity contribution is -0.126. The fourth-order valence-corrected chi connectivity index (χ4v) is 0.435. The van der Waals surface area contributed by atoms with Gasteiger partial charge in [-0.05, 0) is 13.8 Å². The fourth-order valence-electron chi connectivity index (χ4n) is 0.435. The summed E-state index contributed by atoms with van der Waals surface area (Å²) < 4.78 is 13.3. The molecule has 16 heavy (non-hydrogen) atoms. The van der Waals surface area contributed by atoms with E-state index < -0.39 is 0 Å². The van der Waals surface area contributed by atoms with Crippen molar-refractivity contribution in [2.24, 2.45) is 0 Å². The van der Waals surface area contributed by atoms with Gasteiger partial charge in [-0.25, -0.2) is 0 Å². The first-order valence-corrected chi connectivity index (χ1v) is 5.08. The van der Waals surface area contributed by atoms with E-state index in [-0.39, 0.29) is 13.2 Å². The topological polar surface area (TPSA) is 85.2 Å². The Morgan fingerprint density at radius 2 is 1.38 bits per heavy atom. The molecule has 0 heterocycles. The Labute approximate surface area is 97.1 Å². The van der Waals surface area contributed by atoms with Crippen molar-refractivity contribution in [2.45, 2.75) is 13.8 Å². The number of aliphatic hydroxyl groups excluding tert-OH is 2. The number of rotatable bonds is 7. The number of carbonyl (C=O) groups excluding carboxylic acids is 1. The maximum Gasteiger partial charge on any atom is 0.292 e. The lowest BCUT2D eigenvalue weighted by Gasteiger charge is -1.94. The summed E-state index contributed by atoms with van der Waals surface area (Å²) in [6.07, 6.45) is 0. The Morgan fingerprint density at radius 1 is 1.00 bits per heavy atom. The van der Waals surface area contributed by atoms with Crippen LogP contribution in [0.2, 0.25) is 0 Å².